The molecule has 0 saturated carbocycles. The smallest absolute Gasteiger partial charge is 0.259 e. The lowest BCUT2D eigenvalue weighted by atomic mass is 10.1. The highest BCUT2D eigenvalue weighted by atomic mass is 16.5. The third kappa shape index (κ3) is 7.70. The molecule has 0 saturated heterocycles. The first-order valence-corrected chi connectivity index (χ1v) is 9.56. The van der Waals surface area contributed by atoms with Gasteiger partial charge in [-0.1, -0.05) is 42.5 Å². The molecule has 0 fully saturated rings. The monoisotopic (exact) mass is 382 g/mol. The average molecular weight is 383 g/mol. The fourth-order valence-corrected chi connectivity index (χ4v) is 2.49. The number of nitrogens with zero attached hydrogens (tertiary/aromatic N) is 2. The molecule has 0 aliphatic heterocycles. The number of rotatable bonds is 9. The lowest BCUT2D eigenvalue weighted by molar-refractivity contribution is -0.130. The zero-order chi connectivity index (χ0) is 20.2. The quantitative estimate of drug-likeness (QED) is 0.516. The van der Waals surface area contributed by atoms with Crippen LogP contribution in [-0.2, 0) is 17.8 Å². The third-order valence-corrected chi connectivity index (χ3v) is 4.07. The molecule has 0 aromatic heterocycles. The highest BCUT2D eigenvalue weighted by Gasteiger charge is 2.05. The Morgan fingerprint density at radius 2 is 1.79 bits per heavy atom. The molecule has 0 spiro atoms. The maximum absolute atomic E-state index is 11.7. The van der Waals surface area contributed by atoms with E-state index in [1.807, 2.05) is 37.3 Å². The second kappa shape index (κ2) is 11.6. The second-order valence-corrected chi connectivity index (χ2v) is 6.58. The SMILES string of the molecule is CCNC(=NCc1cccc(OCC(=O)N(C)C)c1)NCCc1ccccc1. The molecular formula is C22H30N4O2. The van der Waals surface area contributed by atoms with Crippen molar-refractivity contribution in [1.82, 2.24) is 15.5 Å². The number of benzene rings is 2. The minimum absolute atomic E-state index is 0.0312. The number of amides is 1. The fourth-order valence-electron chi connectivity index (χ4n) is 2.49. The van der Waals surface area contributed by atoms with Gasteiger partial charge in [0, 0.05) is 27.2 Å². The van der Waals surface area contributed by atoms with Crippen molar-refractivity contribution in [3.63, 3.8) is 0 Å². The van der Waals surface area contributed by atoms with E-state index >= 15 is 0 Å². The maximum Gasteiger partial charge on any atom is 0.259 e. The average Bonchev–Trinajstić information content (AvgIpc) is 2.71. The molecule has 2 N–H and O–H groups in total. The minimum atomic E-state index is -0.0690. The van der Waals surface area contributed by atoms with Crippen LogP contribution < -0.4 is 15.4 Å². The Morgan fingerprint density at radius 1 is 1.04 bits per heavy atom. The molecule has 0 radical (unpaired) electrons. The van der Waals surface area contributed by atoms with E-state index in [4.69, 9.17) is 4.74 Å². The van der Waals surface area contributed by atoms with Crippen LogP contribution in [-0.4, -0.2) is 50.6 Å². The molecule has 2 rings (SSSR count). The van der Waals surface area contributed by atoms with Gasteiger partial charge >= 0.3 is 0 Å². The molecule has 0 bridgehead atoms. The molecule has 150 valence electrons. The predicted molar refractivity (Wildman–Crippen MR) is 114 cm³/mol. The van der Waals surface area contributed by atoms with Crippen molar-refractivity contribution < 1.29 is 9.53 Å². The Kier molecular flexibility index (Phi) is 8.85. The molecule has 0 unspecified atom stereocenters. The highest BCUT2D eigenvalue weighted by molar-refractivity contribution is 5.79. The van der Waals surface area contributed by atoms with Crippen molar-refractivity contribution in [2.45, 2.75) is 19.9 Å². The van der Waals surface area contributed by atoms with Crippen LogP contribution in [0.15, 0.2) is 59.6 Å². The van der Waals surface area contributed by atoms with E-state index < -0.39 is 0 Å². The van der Waals surface area contributed by atoms with Crippen LogP contribution in [0.1, 0.15) is 18.1 Å². The standard InChI is InChI=1S/C22H30N4O2/c1-4-23-22(24-14-13-18-9-6-5-7-10-18)25-16-19-11-8-12-20(15-19)28-17-21(27)26(2)3/h5-12,15H,4,13-14,16-17H2,1-3H3,(H2,23,24,25). The van der Waals surface area contributed by atoms with E-state index in [1.165, 1.54) is 10.5 Å². The normalized spacial score (nSPS) is 11.0. The van der Waals surface area contributed by atoms with Crippen molar-refractivity contribution in [1.29, 1.82) is 0 Å². The first-order chi connectivity index (χ1) is 13.6. The van der Waals surface area contributed by atoms with Gasteiger partial charge in [-0.2, -0.15) is 0 Å². The summed E-state index contributed by atoms with van der Waals surface area (Å²) in [5.41, 5.74) is 2.32. The number of guanidine groups is 1. The first kappa shape index (κ1) is 21.3. The number of aliphatic imine (C=N–C) groups is 1. The Labute approximate surface area is 167 Å². The summed E-state index contributed by atoms with van der Waals surface area (Å²) in [6, 6.07) is 18.0. The van der Waals surface area contributed by atoms with Crippen LogP contribution in [0.5, 0.6) is 5.75 Å². The highest BCUT2D eigenvalue weighted by Crippen LogP contribution is 2.14. The molecular weight excluding hydrogens is 352 g/mol. The predicted octanol–water partition coefficient (Wildman–Crippen LogP) is 2.45. The van der Waals surface area contributed by atoms with Gasteiger partial charge in [0.15, 0.2) is 12.6 Å². The number of carbonyl (C=O) groups is 1. The van der Waals surface area contributed by atoms with Crippen molar-refractivity contribution in [3.8, 4) is 5.75 Å². The lowest BCUT2D eigenvalue weighted by Crippen LogP contribution is -2.38. The van der Waals surface area contributed by atoms with E-state index in [0.29, 0.717) is 12.3 Å². The van der Waals surface area contributed by atoms with Gasteiger partial charge in [0.05, 0.1) is 6.54 Å². The van der Waals surface area contributed by atoms with Gasteiger partial charge in [-0.15, -0.1) is 0 Å². The molecule has 2 aromatic carbocycles. The van der Waals surface area contributed by atoms with Gasteiger partial charge in [-0.3, -0.25) is 4.79 Å². The van der Waals surface area contributed by atoms with E-state index in [2.05, 4.69) is 39.9 Å². The Balaban J connectivity index is 1.88. The summed E-state index contributed by atoms with van der Waals surface area (Å²) in [6.07, 6.45) is 0.939. The van der Waals surface area contributed by atoms with Crippen LogP contribution >= 0.6 is 0 Å². The van der Waals surface area contributed by atoms with Crippen molar-refractivity contribution in [3.05, 3.63) is 65.7 Å². The largest absolute Gasteiger partial charge is 0.484 e. The van der Waals surface area contributed by atoms with E-state index in [9.17, 15) is 4.79 Å². The summed E-state index contributed by atoms with van der Waals surface area (Å²) in [5, 5.41) is 6.63. The van der Waals surface area contributed by atoms with Crippen LogP contribution in [0.2, 0.25) is 0 Å². The molecule has 6 heteroatoms. The summed E-state index contributed by atoms with van der Waals surface area (Å²) in [6.45, 7) is 4.21. The van der Waals surface area contributed by atoms with Crippen LogP contribution in [0.3, 0.4) is 0 Å². The fraction of sp³-hybridized carbons (Fsp3) is 0.364. The third-order valence-electron chi connectivity index (χ3n) is 4.07. The van der Waals surface area contributed by atoms with E-state index in [1.54, 1.807) is 14.1 Å². The molecule has 2 aromatic rings. The number of hydrogen-bond donors (Lipinski definition) is 2. The zero-order valence-corrected chi connectivity index (χ0v) is 16.9. The van der Waals surface area contributed by atoms with Gasteiger partial charge in [0.25, 0.3) is 5.91 Å². The van der Waals surface area contributed by atoms with Gasteiger partial charge in [0.1, 0.15) is 5.75 Å². The maximum atomic E-state index is 11.7. The summed E-state index contributed by atoms with van der Waals surface area (Å²) in [5.74, 6) is 1.39. The van der Waals surface area contributed by atoms with Gasteiger partial charge < -0.3 is 20.3 Å². The van der Waals surface area contributed by atoms with E-state index in [-0.39, 0.29) is 12.5 Å². The van der Waals surface area contributed by atoms with Crippen molar-refractivity contribution in [2.24, 2.45) is 4.99 Å². The summed E-state index contributed by atoms with van der Waals surface area (Å²) < 4.78 is 5.57. The number of hydrogen-bond acceptors (Lipinski definition) is 3. The zero-order valence-electron chi connectivity index (χ0n) is 16.9. The molecule has 6 nitrogen and oxygen atoms in total. The summed E-state index contributed by atoms with van der Waals surface area (Å²) in [4.78, 5) is 17.8. The molecule has 0 aliphatic rings. The molecule has 28 heavy (non-hydrogen) atoms. The number of ether oxygens (including phenoxy) is 1. The second-order valence-electron chi connectivity index (χ2n) is 6.58. The molecule has 0 heterocycles. The molecule has 0 atom stereocenters. The van der Waals surface area contributed by atoms with E-state index in [0.717, 1.165) is 31.0 Å². The summed E-state index contributed by atoms with van der Waals surface area (Å²) >= 11 is 0. The van der Waals surface area contributed by atoms with Gasteiger partial charge in [0.2, 0.25) is 0 Å². The molecule has 0 aliphatic carbocycles. The van der Waals surface area contributed by atoms with Gasteiger partial charge in [-0.25, -0.2) is 4.99 Å². The Morgan fingerprint density at radius 3 is 2.50 bits per heavy atom. The number of carbonyl (C=O) groups excluding carboxylic acids is 1. The van der Waals surface area contributed by atoms with Gasteiger partial charge in [-0.05, 0) is 36.6 Å². The minimum Gasteiger partial charge on any atom is -0.484 e. The van der Waals surface area contributed by atoms with Crippen LogP contribution in [0, 0.1) is 0 Å². The lowest BCUT2D eigenvalue weighted by Gasteiger charge is -2.12. The van der Waals surface area contributed by atoms with Crippen molar-refractivity contribution in [2.75, 3.05) is 33.8 Å². The molecule has 1 amide bonds. The van der Waals surface area contributed by atoms with Crippen LogP contribution in [0.4, 0.5) is 0 Å². The van der Waals surface area contributed by atoms with Crippen molar-refractivity contribution >= 4 is 11.9 Å². The Bertz CT molecular complexity index is 760. The topological polar surface area (TPSA) is 66.0 Å². The first-order valence-electron chi connectivity index (χ1n) is 9.56. The number of nitrogens with one attached hydrogen (secondary N) is 2. The van der Waals surface area contributed by atoms with Crippen LogP contribution in [0.25, 0.3) is 0 Å². The Hall–Kier alpha value is -3.02. The number of likely N-dealkylation sites (N-methyl/N-ethyl adjacent to an activating group) is 1. The summed E-state index contributed by atoms with van der Waals surface area (Å²) in [7, 11) is 3.42.